The average Bonchev–Trinajstić information content (AvgIpc) is 2.33. The van der Waals surface area contributed by atoms with Crippen LogP contribution in [-0.4, -0.2) is 4.57 Å². The van der Waals surface area contributed by atoms with Crippen LogP contribution in [0.1, 0.15) is 5.56 Å². The van der Waals surface area contributed by atoms with Gasteiger partial charge in [0.2, 0.25) is 0 Å². The summed E-state index contributed by atoms with van der Waals surface area (Å²) < 4.78 is 1.50. The van der Waals surface area contributed by atoms with Gasteiger partial charge in [-0.3, -0.25) is 9.36 Å². The standard InChI is InChI=1S/C12H11ClN2O/c13-10-6-9(7-14)12(16)15(8-10)11-4-2-1-3-5-11/h1-6,8H,7,14H2. The summed E-state index contributed by atoms with van der Waals surface area (Å²) in [6.07, 6.45) is 1.60. The molecular formula is C12H11ClN2O. The van der Waals surface area contributed by atoms with Crippen LogP contribution < -0.4 is 11.3 Å². The minimum Gasteiger partial charge on any atom is -0.326 e. The van der Waals surface area contributed by atoms with Gasteiger partial charge in [-0.15, -0.1) is 0 Å². The van der Waals surface area contributed by atoms with E-state index < -0.39 is 0 Å². The lowest BCUT2D eigenvalue weighted by Gasteiger charge is -2.08. The molecule has 0 aliphatic rings. The Morgan fingerprint density at radius 2 is 1.94 bits per heavy atom. The predicted octanol–water partition coefficient (Wildman–Crippen LogP) is 1.95. The highest BCUT2D eigenvalue weighted by Gasteiger charge is 2.05. The second-order valence-corrected chi connectivity index (χ2v) is 3.83. The van der Waals surface area contributed by atoms with Gasteiger partial charge in [0, 0.05) is 24.0 Å². The van der Waals surface area contributed by atoms with Crippen molar-refractivity contribution in [1.82, 2.24) is 4.57 Å². The molecule has 1 aromatic heterocycles. The minimum absolute atomic E-state index is 0.127. The van der Waals surface area contributed by atoms with Gasteiger partial charge in [-0.1, -0.05) is 29.8 Å². The van der Waals surface area contributed by atoms with E-state index in [0.29, 0.717) is 10.6 Å². The maximum Gasteiger partial charge on any atom is 0.259 e. The number of nitrogens with two attached hydrogens (primary N) is 1. The molecular weight excluding hydrogens is 224 g/mol. The van der Waals surface area contributed by atoms with Gasteiger partial charge in [-0.25, -0.2) is 0 Å². The van der Waals surface area contributed by atoms with E-state index in [2.05, 4.69) is 0 Å². The smallest absolute Gasteiger partial charge is 0.259 e. The Labute approximate surface area is 98.1 Å². The number of rotatable bonds is 2. The van der Waals surface area contributed by atoms with E-state index >= 15 is 0 Å². The van der Waals surface area contributed by atoms with Crippen molar-refractivity contribution < 1.29 is 0 Å². The molecule has 1 heterocycles. The van der Waals surface area contributed by atoms with E-state index in [-0.39, 0.29) is 12.1 Å². The predicted molar refractivity (Wildman–Crippen MR) is 64.9 cm³/mol. The van der Waals surface area contributed by atoms with Crippen molar-refractivity contribution in [2.75, 3.05) is 0 Å². The quantitative estimate of drug-likeness (QED) is 0.864. The van der Waals surface area contributed by atoms with Gasteiger partial charge in [0.15, 0.2) is 0 Å². The number of nitrogens with zero attached hydrogens (tertiary/aromatic N) is 1. The zero-order valence-corrected chi connectivity index (χ0v) is 9.32. The third-order valence-corrected chi connectivity index (χ3v) is 2.52. The first-order valence-corrected chi connectivity index (χ1v) is 5.26. The van der Waals surface area contributed by atoms with Crippen LogP contribution in [0.4, 0.5) is 0 Å². The molecule has 0 radical (unpaired) electrons. The van der Waals surface area contributed by atoms with E-state index in [1.807, 2.05) is 30.3 Å². The van der Waals surface area contributed by atoms with Crippen molar-refractivity contribution in [3.63, 3.8) is 0 Å². The second-order valence-electron chi connectivity index (χ2n) is 3.40. The number of pyridine rings is 1. The fourth-order valence-electron chi connectivity index (χ4n) is 1.53. The molecule has 0 saturated heterocycles. The number of hydrogen-bond donors (Lipinski definition) is 1. The van der Waals surface area contributed by atoms with Crippen molar-refractivity contribution >= 4 is 11.6 Å². The Hall–Kier alpha value is -1.58. The third kappa shape index (κ3) is 2.01. The number of aromatic nitrogens is 1. The first-order chi connectivity index (χ1) is 7.72. The lowest BCUT2D eigenvalue weighted by atomic mass is 10.2. The largest absolute Gasteiger partial charge is 0.326 e. The Kier molecular flexibility index (Phi) is 3.08. The van der Waals surface area contributed by atoms with Crippen molar-refractivity contribution in [2.24, 2.45) is 5.73 Å². The van der Waals surface area contributed by atoms with Crippen molar-refractivity contribution in [3.05, 3.63) is 63.5 Å². The monoisotopic (exact) mass is 234 g/mol. The first-order valence-electron chi connectivity index (χ1n) is 4.89. The highest BCUT2D eigenvalue weighted by atomic mass is 35.5. The van der Waals surface area contributed by atoms with Crippen LogP contribution in [0, 0.1) is 0 Å². The fourth-order valence-corrected chi connectivity index (χ4v) is 1.76. The van der Waals surface area contributed by atoms with Crippen LogP contribution >= 0.6 is 11.6 Å². The van der Waals surface area contributed by atoms with E-state index in [1.165, 1.54) is 4.57 Å². The van der Waals surface area contributed by atoms with Crippen LogP contribution in [0.15, 0.2) is 47.4 Å². The third-order valence-electron chi connectivity index (χ3n) is 2.31. The molecule has 2 rings (SSSR count). The Morgan fingerprint density at radius 1 is 1.25 bits per heavy atom. The van der Waals surface area contributed by atoms with E-state index in [9.17, 15) is 4.79 Å². The molecule has 2 aromatic rings. The molecule has 0 bridgehead atoms. The van der Waals surface area contributed by atoms with E-state index in [1.54, 1.807) is 12.3 Å². The SMILES string of the molecule is NCc1cc(Cl)cn(-c2ccccc2)c1=O. The summed E-state index contributed by atoms with van der Waals surface area (Å²) in [6.45, 7) is 0.187. The molecule has 82 valence electrons. The number of hydrogen-bond acceptors (Lipinski definition) is 2. The molecule has 1 aromatic carbocycles. The molecule has 0 aliphatic heterocycles. The zero-order valence-electron chi connectivity index (χ0n) is 8.56. The Bertz CT molecular complexity index is 549. The van der Waals surface area contributed by atoms with Crippen molar-refractivity contribution in [3.8, 4) is 5.69 Å². The Morgan fingerprint density at radius 3 is 2.56 bits per heavy atom. The van der Waals surface area contributed by atoms with E-state index in [0.717, 1.165) is 5.69 Å². The van der Waals surface area contributed by atoms with Gasteiger partial charge in [0.25, 0.3) is 5.56 Å². The molecule has 4 heteroatoms. The molecule has 16 heavy (non-hydrogen) atoms. The van der Waals surface area contributed by atoms with Crippen molar-refractivity contribution in [1.29, 1.82) is 0 Å². The van der Waals surface area contributed by atoms with Gasteiger partial charge >= 0.3 is 0 Å². The fraction of sp³-hybridized carbons (Fsp3) is 0.0833. The van der Waals surface area contributed by atoms with Crippen LogP contribution in [0.25, 0.3) is 5.69 Å². The summed E-state index contributed by atoms with van der Waals surface area (Å²) in [6, 6.07) is 10.9. The number of halogens is 1. The molecule has 0 spiro atoms. The highest BCUT2D eigenvalue weighted by Crippen LogP contribution is 2.11. The Balaban J connectivity index is 2.66. The zero-order chi connectivity index (χ0) is 11.5. The molecule has 0 aliphatic carbocycles. The van der Waals surface area contributed by atoms with Crippen LogP contribution in [0.3, 0.4) is 0 Å². The van der Waals surface area contributed by atoms with Gasteiger partial charge < -0.3 is 5.73 Å². The molecule has 0 atom stereocenters. The lowest BCUT2D eigenvalue weighted by Crippen LogP contribution is -2.23. The molecule has 0 saturated carbocycles. The molecule has 0 fully saturated rings. The molecule has 0 amide bonds. The maximum absolute atomic E-state index is 12.0. The summed E-state index contributed by atoms with van der Waals surface area (Å²) in [4.78, 5) is 12.0. The van der Waals surface area contributed by atoms with Crippen LogP contribution in [0.2, 0.25) is 5.02 Å². The summed E-state index contributed by atoms with van der Waals surface area (Å²) in [5.41, 5.74) is 6.66. The van der Waals surface area contributed by atoms with Crippen molar-refractivity contribution in [2.45, 2.75) is 6.54 Å². The topological polar surface area (TPSA) is 48.0 Å². The van der Waals surface area contributed by atoms with Crippen LogP contribution in [-0.2, 0) is 6.54 Å². The summed E-state index contributed by atoms with van der Waals surface area (Å²) in [7, 11) is 0. The van der Waals surface area contributed by atoms with Crippen LogP contribution in [0.5, 0.6) is 0 Å². The molecule has 3 nitrogen and oxygen atoms in total. The van der Waals surface area contributed by atoms with Gasteiger partial charge in [0.05, 0.1) is 5.02 Å². The van der Waals surface area contributed by atoms with Gasteiger partial charge in [0.1, 0.15) is 0 Å². The average molecular weight is 235 g/mol. The lowest BCUT2D eigenvalue weighted by molar-refractivity contribution is 0.925. The summed E-state index contributed by atoms with van der Waals surface area (Å²) in [5.74, 6) is 0. The van der Waals surface area contributed by atoms with Gasteiger partial charge in [-0.05, 0) is 18.2 Å². The maximum atomic E-state index is 12.0. The second kappa shape index (κ2) is 4.51. The number of benzene rings is 1. The van der Waals surface area contributed by atoms with E-state index in [4.69, 9.17) is 17.3 Å². The summed E-state index contributed by atoms with van der Waals surface area (Å²) in [5, 5.41) is 0.504. The van der Waals surface area contributed by atoms with Gasteiger partial charge in [-0.2, -0.15) is 0 Å². The highest BCUT2D eigenvalue weighted by molar-refractivity contribution is 6.30. The first kappa shape index (κ1) is 10.9. The summed E-state index contributed by atoms with van der Waals surface area (Å²) >= 11 is 5.94. The molecule has 2 N–H and O–H groups in total. The minimum atomic E-state index is -0.127. The normalized spacial score (nSPS) is 10.4. The molecule has 0 unspecified atom stereocenters. The number of para-hydroxylation sites is 1.